The molecule has 0 radical (unpaired) electrons. The Morgan fingerprint density at radius 3 is 1.94 bits per heavy atom. The number of hydrogen-bond acceptors (Lipinski definition) is 7. The third-order valence-electron chi connectivity index (χ3n) is 4.84. The zero-order valence-corrected chi connectivity index (χ0v) is 19.4. The van der Waals surface area contributed by atoms with E-state index in [-0.39, 0.29) is 18.1 Å². The number of phenols is 1. The minimum atomic E-state index is -1.55. The van der Waals surface area contributed by atoms with E-state index in [2.05, 4.69) is 16.0 Å². The molecule has 4 atom stereocenters. The number of carboxylic acid groups (broad SMARTS) is 1. The van der Waals surface area contributed by atoms with Gasteiger partial charge >= 0.3 is 5.97 Å². The fraction of sp³-hybridized carbons (Fsp3) is 0.500. The number of nitrogens with one attached hydrogen (secondary N) is 3. The average molecular weight is 480 g/mol. The van der Waals surface area contributed by atoms with Crippen molar-refractivity contribution in [3.05, 3.63) is 29.8 Å². The van der Waals surface area contributed by atoms with Crippen LogP contribution in [0.25, 0.3) is 0 Å². The lowest BCUT2D eigenvalue weighted by atomic mass is 10.0. The molecule has 0 saturated heterocycles. The van der Waals surface area contributed by atoms with E-state index >= 15 is 0 Å². The van der Waals surface area contributed by atoms with E-state index in [0.29, 0.717) is 12.0 Å². The van der Waals surface area contributed by atoms with Gasteiger partial charge in [0.1, 0.15) is 23.9 Å². The Kier molecular flexibility index (Phi) is 11.0. The topological polar surface area (TPSA) is 214 Å². The molecule has 1 rings (SSSR count). The summed E-state index contributed by atoms with van der Waals surface area (Å²) in [6.45, 7) is 5.12. The van der Waals surface area contributed by atoms with Crippen molar-refractivity contribution < 1.29 is 34.2 Å². The second-order valence-electron chi connectivity index (χ2n) is 8.47. The first-order valence-electron chi connectivity index (χ1n) is 10.8. The number of rotatable bonds is 13. The van der Waals surface area contributed by atoms with Gasteiger partial charge in [-0.3, -0.25) is 19.2 Å². The van der Waals surface area contributed by atoms with Crippen LogP contribution in [-0.4, -0.2) is 64.0 Å². The Morgan fingerprint density at radius 1 is 0.882 bits per heavy atom. The van der Waals surface area contributed by atoms with Crippen LogP contribution >= 0.6 is 0 Å². The first-order chi connectivity index (χ1) is 15.8. The fourth-order valence-electron chi connectivity index (χ4n) is 3.05. The molecule has 0 aromatic heterocycles. The summed E-state index contributed by atoms with van der Waals surface area (Å²) in [4.78, 5) is 60.1. The molecule has 12 nitrogen and oxygen atoms in total. The summed E-state index contributed by atoms with van der Waals surface area (Å²) >= 11 is 0. The van der Waals surface area contributed by atoms with Gasteiger partial charge in [0.15, 0.2) is 0 Å². The van der Waals surface area contributed by atoms with Crippen LogP contribution in [0, 0.1) is 5.92 Å². The number of primary amides is 1. The van der Waals surface area contributed by atoms with Gasteiger partial charge in [-0.25, -0.2) is 4.79 Å². The van der Waals surface area contributed by atoms with Crippen LogP contribution in [0.1, 0.15) is 39.2 Å². The average Bonchev–Trinajstić information content (AvgIpc) is 2.73. The lowest BCUT2D eigenvalue weighted by Gasteiger charge is -2.24. The zero-order valence-electron chi connectivity index (χ0n) is 19.4. The molecule has 0 aliphatic carbocycles. The predicted molar refractivity (Wildman–Crippen MR) is 122 cm³/mol. The number of aliphatic carboxylic acids is 1. The fourth-order valence-corrected chi connectivity index (χ4v) is 3.05. The van der Waals surface area contributed by atoms with Gasteiger partial charge in [-0.15, -0.1) is 0 Å². The zero-order chi connectivity index (χ0) is 26.0. The summed E-state index contributed by atoms with van der Waals surface area (Å²) in [5.41, 5.74) is 11.5. The highest BCUT2D eigenvalue weighted by Crippen LogP contribution is 2.12. The van der Waals surface area contributed by atoms with Crippen molar-refractivity contribution in [3.63, 3.8) is 0 Å². The van der Waals surface area contributed by atoms with Crippen LogP contribution in [0.15, 0.2) is 24.3 Å². The maximum absolute atomic E-state index is 12.9. The van der Waals surface area contributed by atoms with Gasteiger partial charge < -0.3 is 37.6 Å². The third kappa shape index (κ3) is 9.86. The second-order valence-corrected chi connectivity index (χ2v) is 8.47. The van der Waals surface area contributed by atoms with Crippen LogP contribution < -0.4 is 27.4 Å². The maximum Gasteiger partial charge on any atom is 0.326 e. The molecule has 34 heavy (non-hydrogen) atoms. The van der Waals surface area contributed by atoms with E-state index in [4.69, 9.17) is 16.6 Å². The number of benzene rings is 1. The Bertz CT molecular complexity index is 888. The highest BCUT2D eigenvalue weighted by Gasteiger charge is 2.29. The summed E-state index contributed by atoms with van der Waals surface area (Å²) < 4.78 is 0. The number of carboxylic acids is 1. The standard InChI is InChI=1S/C22H33N5O7/c1-11(2)8-15(23)20(31)26-16(9-13-4-6-14(28)7-5-13)21(32)25-12(3)19(30)27-17(22(33)34)10-18(24)29/h4-7,11-12,15-17,28H,8-10,23H2,1-3H3,(H2,24,29)(H,25,32)(H,26,31)(H,27,30)(H,33,34). The van der Waals surface area contributed by atoms with Gasteiger partial charge in [-0.05, 0) is 37.0 Å². The number of amides is 4. The van der Waals surface area contributed by atoms with Gasteiger partial charge in [-0.1, -0.05) is 26.0 Å². The molecule has 0 aliphatic rings. The number of nitrogens with two attached hydrogens (primary N) is 2. The van der Waals surface area contributed by atoms with Crippen molar-refractivity contribution in [2.75, 3.05) is 0 Å². The molecule has 1 aromatic rings. The largest absolute Gasteiger partial charge is 0.508 e. The summed E-state index contributed by atoms with van der Waals surface area (Å²) in [6.07, 6.45) is -0.177. The van der Waals surface area contributed by atoms with Crippen LogP contribution in [0.2, 0.25) is 0 Å². The normalized spacial score (nSPS) is 14.4. The molecule has 0 heterocycles. The molecule has 9 N–H and O–H groups in total. The number of aromatic hydroxyl groups is 1. The highest BCUT2D eigenvalue weighted by atomic mass is 16.4. The van der Waals surface area contributed by atoms with Gasteiger partial charge in [0, 0.05) is 6.42 Å². The van der Waals surface area contributed by atoms with Crippen LogP contribution in [0.5, 0.6) is 5.75 Å². The van der Waals surface area contributed by atoms with E-state index < -0.39 is 60.2 Å². The van der Waals surface area contributed by atoms with E-state index in [0.717, 1.165) is 0 Å². The third-order valence-corrected chi connectivity index (χ3v) is 4.84. The predicted octanol–water partition coefficient (Wildman–Crippen LogP) is -1.26. The van der Waals surface area contributed by atoms with E-state index in [1.165, 1.54) is 19.1 Å². The number of carbonyl (C=O) groups excluding carboxylic acids is 4. The molecule has 0 fully saturated rings. The lowest BCUT2D eigenvalue weighted by Crippen LogP contribution is -2.57. The summed E-state index contributed by atoms with van der Waals surface area (Å²) in [5.74, 6) is -4.30. The smallest absolute Gasteiger partial charge is 0.326 e. The van der Waals surface area contributed by atoms with Gasteiger partial charge in [0.25, 0.3) is 0 Å². The van der Waals surface area contributed by atoms with E-state index in [9.17, 15) is 29.1 Å². The van der Waals surface area contributed by atoms with Crippen LogP contribution in [-0.2, 0) is 30.4 Å². The minimum absolute atomic E-state index is 0.0296. The number of carbonyl (C=O) groups is 5. The van der Waals surface area contributed by atoms with Crippen molar-refractivity contribution in [2.45, 2.75) is 64.2 Å². The van der Waals surface area contributed by atoms with Crippen molar-refractivity contribution in [1.29, 1.82) is 0 Å². The van der Waals surface area contributed by atoms with E-state index in [1.807, 2.05) is 13.8 Å². The van der Waals surface area contributed by atoms with Crippen molar-refractivity contribution in [2.24, 2.45) is 17.4 Å². The maximum atomic E-state index is 12.9. The first-order valence-corrected chi connectivity index (χ1v) is 10.8. The molecule has 1 aromatic carbocycles. The van der Waals surface area contributed by atoms with Crippen molar-refractivity contribution in [3.8, 4) is 5.75 Å². The molecule has 0 bridgehead atoms. The van der Waals surface area contributed by atoms with Gasteiger partial charge in [-0.2, -0.15) is 0 Å². The van der Waals surface area contributed by atoms with Crippen LogP contribution in [0.3, 0.4) is 0 Å². The molecule has 0 spiro atoms. The molecular formula is C22H33N5O7. The van der Waals surface area contributed by atoms with Gasteiger partial charge in [0.2, 0.25) is 23.6 Å². The molecule has 0 aliphatic heterocycles. The summed E-state index contributed by atoms with van der Waals surface area (Å²) in [5, 5.41) is 25.8. The molecule has 12 heteroatoms. The second kappa shape index (κ2) is 13.1. The quantitative estimate of drug-likeness (QED) is 0.181. The number of hydrogen-bond donors (Lipinski definition) is 7. The van der Waals surface area contributed by atoms with E-state index in [1.54, 1.807) is 12.1 Å². The highest BCUT2D eigenvalue weighted by molar-refractivity contribution is 5.94. The molecule has 188 valence electrons. The Morgan fingerprint density at radius 2 is 1.44 bits per heavy atom. The Balaban J connectivity index is 2.94. The molecule has 4 amide bonds. The Labute approximate surface area is 197 Å². The molecule has 4 unspecified atom stereocenters. The number of phenolic OH excluding ortho intramolecular Hbond substituents is 1. The SMILES string of the molecule is CC(C)CC(N)C(=O)NC(Cc1ccc(O)cc1)C(=O)NC(C)C(=O)NC(CC(N)=O)C(=O)O. The molecule has 0 saturated carbocycles. The molecular weight excluding hydrogens is 446 g/mol. The van der Waals surface area contributed by atoms with Gasteiger partial charge in [0.05, 0.1) is 12.5 Å². The van der Waals surface area contributed by atoms with Crippen LogP contribution in [0.4, 0.5) is 0 Å². The van der Waals surface area contributed by atoms with Crippen molar-refractivity contribution in [1.82, 2.24) is 16.0 Å². The summed E-state index contributed by atoms with van der Waals surface area (Å²) in [7, 11) is 0. The van der Waals surface area contributed by atoms with Crippen molar-refractivity contribution >= 4 is 29.6 Å². The first kappa shape index (κ1) is 28.4. The lowest BCUT2D eigenvalue weighted by molar-refractivity contribution is -0.143. The monoisotopic (exact) mass is 479 g/mol. The summed E-state index contributed by atoms with van der Waals surface area (Å²) in [6, 6.07) is 1.32. The minimum Gasteiger partial charge on any atom is -0.508 e. The Hall–Kier alpha value is -3.67.